The third kappa shape index (κ3) is 3.66. The molecular formula is C15H21F3N2. The van der Waals surface area contributed by atoms with Gasteiger partial charge in [-0.25, -0.2) is 13.2 Å². The highest BCUT2D eigenvalue weighted by Crippen LogP contribution is 2.28. The fourth-order valence-electron chi connectivity index (χ4n) is 2.57. The molecule has 1 N–H and O–H groups in total. The maximum atomic E-state index is 13.7. The largest absolute Gasteiger partial charge is 0.369 e. The molecule has 0 aromatic heterocycles. The van der Waals surface area contributed by atoms with E-state index in [-0.39, 0.29) is 5.69 Å². The molecule has 2 rings (SSSR count). The number of hydrogen-bond donors (Lipinski definition) is 1. The lowest BCUT2D eigenvalue weighted by molar-refractivity contribution is 0.475. The second-order valence-electron chi connectivity index (χ2n) is 5.87. The zero-order valence-corrected chi connectivity index (χ0v) is 11.9. The SMILES string of the molecule is CC(C)CNCC1CCN(c2cc(F)cc(F)c2F)C1. The molecule has 5 heteroatoms. The van der Waals surface area contributed by atoms with Crippen LogP contribution in [0.25, 0.3) is 0 Å². The van der Waals surface area contributed by atoms with E-state index in [9.17, 15) is 13.2 Å². The van der Waals surface area contributed by atoms with Gasteiger partial charge in [-0.3, -0.25) is 0 Å². The molecule has 1 atom stereocenters. The average molecular weight is 286 g/mol. The standard InChI is InChI=1S/C15H21F3N2/c1-10(2)7-19-8-11-3-4-20(9-11)14-6-12(16)5-13(17)15(14)18/h5-6,10-11,19H,3-4,7-9H2,1-2H3. The van der Waals surface area contributed by atoms with Crippen LogP contribution in [-0.2, 0) is 0 Å². The van der Waals surface area contributed by atoms with Gasteiger partial charge in [-0.05, 0) is 31.3 Å². The third-order valence-corrected chi connectivity index (χ3v) is 3.59. The van der Waals surface area contributed by atoms with E-state index in [4.69, 9.17) is 0 Å². The van der Waals surface area contributed by atoms with E-state index in [1.165, 1.54) is 0 Å². The van der Waals surface area contributed by atoms with Crippen LogP contribution in [0.1, 0.15) is 20.3 Å². The van der Waals surface area contributed by atoms with E-state index in [0.29, 0.717) is 31.0 Å². The number of halogens is 3. The molecule has 0 bridgehead atoms. The molecule has 1 aromatic rings. The van der Waals surface area contributed by atoms with Crippen LogP contribution >= 0.6 is 0 Å². The number of anilines is 1. The van der Waals surface area contributed by atoms with Gasteiger partial charge in [0, 0.05) is 25.2 Å². The third-order valence-electron chi connectivity index (χ3n) is 3.59. The van der Waals surface area contributed by atoms with Gasteiger partial charge < -0.3 is 10.2 Å². The molecule has 112 valence electrons. The van der Waals surface area contributed by atoms with Crippen molar-refractivity contribution in [1.82, 2.24) is 5.32 Å². The highest BCUT2D eigenvalue weighted by atomic mass is 19.2. The highest BCUT2D eigenvalue weighted by Gasteiger charge is 2.26. The summed E-state index contributed by atoms with van der Waals surface area (Å²) in [6.45, 7) is 7.34. The molecular weight excluding hydrogens is 265 g/mol. The van der Waals surface area contributed by atoms with E-state index in [0.717, 1.165) is 25.6 Å². The Morgan fingerprint density at radius 3 is 2.75 bits per heavy atom. The first kappa shape index (κ1) is 15.2. The lowest BCUT2D eigenvalue weighted by Gasteiger charge is -2.20. The van der Waals surface area contributed by atoms with Crippen LogP contribution in [0.4, 0.5) is 18.9 Å². The molecule has 1 saturated heterocycles. The summed E-state index contributed by atoms with van der Waals surface area (Å²) in [5.41, 5.74) is 0.0360. The van der Waals surface area contributed by atoms with Gasteiger partial charge in [0.25, 0.3) is 0 Å². The molecule has 0 radical (unpaired) electrons. The van der Waals surface area contributed by atoms with Crippen LogP contribution in [-0.4, -0.2) is 26.2 Å². The van der Waals surface area contributed by atoms with Crippen molar-refractivity contribution in [3.05, 3.63) is 29.6 Å². The monoisotopic (exact) mass is 286 g/mol. The zero-order chi connectivity index (χ0) is 14.7. The van der Waals surface area contributed by atoms with E-state index >= 15 is 0 Å². The summed E-state index contributed by atoms with van der Waals surface area (Å²) in [5.74, 6) is -1.84. The molecule has 0 saturated carbocycles. The molecule has 2 nitrogen and oxygen atoms in total. The van der Waals surface area contributed by atoms with Gasteiger partial charge >= 0.3 is 0 Å². The molecule has 1 aromatic carbocycles. The molecule has 1 unspecified atom stereocenters. The Balaban J connectivity index is 1.96. The van der Waals surface area contributed by atoms with Crippen LogP contribution in [0.15, 0.2) is 12.1 Å². The quantitative estimate of drug-likeness (QED) is 0.836. The number of rotatable bonds is 5. The first-order chi connectivity index (χ1) is 9.47. The second kappa shape index (κ2) is 6.48. The molecule has 0 spiro atoms. The highest BCUT2D eigenvalue weighted by molar-refractivity contribution is 5.49. The minimum atomic E-state index is -1.12. The van der Waals surface area contributed by atoms with Crippen LogP contribution in [0.2, 0.25) is 0 Å². The minimum Gasteiger partial charge on any atom is -0.369 e. The summed E-state index contributed by atoms with van der Waals surface area (Å²) in [7, 11) is 0. The van der Waals surface area contributed by atoms with Gasteiger partial charge in [0.2, 0.25) is 0 Å². The maximum absolute atomic E-state index is 13.7. The molecule has 0 amide bonds. The Morgan fingerprint density at radius 1 is 1.30 bits per heavy atom. The molecule has 20 heavy (non-hydrogen) atoms. The average Bonchev–Trinajstić information content (AvgIpc) is 2.82. The Bertz CT molecular complexity index is 463. The van der Waals surface area contributed by atoms with Gasteiger partial charge in [-0.2, -0.15) is 0 Å². The summed E-state index contributed by atoms with van der Waals surface area (Å²) in [6.07, 6.45) is 0.905. The van der Waals surface area contributed by atoms with Gasteiger partial charge in [0.15, 0.2) is 11.6 Å². The maximum Gasteiger partial charge on any atom is 0.182 e. The van der Waals surface area contributed by atoms with Crippen molar-refractivity contribution in [2.45, 2.75) is 20.3 Å². The summed E-state index contributed by atoms with van der Waals surface area (Å²) >= 11 is 0. The van der Waals surface area contributed by atoms with Crippen molar-refractivity contribution in [1.29, 1.82) is 0 Å². The van der Waals surface area contributed by atoms with E-state index in [1.54, 1.807) is 4.90 Å². The van der Waals surface area contributed by atoms with Crippen LogP contribution in [0.5, 0.6) is 0 Å². The van der Waals surface area contributed by atoms with Gasteiger partial charge in [0.05, 0.1) is 5.69 Å². The predicted octanol–water partition coefficient (Wildman–Crippen LogP) is 3.18. The van der Waals surface area contributed by atoms with Gasteiger partial charge in [-0.1, -0.05) is 13.8 Å². The fraction of sp³-hybridized carbons (Fsp3) is 0.600. The first-order valence-electron chi connectivity index (χ1n) is 7.07. The normalized spacial score (nSPS) is 19.1. The predicted molar refractivity (Wildman–Crippen MR) is 74.3 cm³/mol. The Hall–Kier alpha value is -1.23. The Morgan fingerprint density at radius 2 is 2.05 bits per heavy atom. The van der Waals surface area contributed by atoms with Crippen molar-refractivity contribution in [3.8, 4) is 0 Å². The Labute approximate surface area is 118 Å². The van der Waals surface area contributed by atoms with Crippen molar-refractivity contribution in [3.63, 3.8) is 0 Å². The summed E-state index contributed by atoms with van der Waals surface area (Å²) in [5, 5.41) is 3.37. The van der Waals surface area contributed by atoms with Crippen LogP contribution in [0.3, 0.4) is 0 Å². The van der Waals surface area contributed by atoms with E-state index in [2.05, 4.69) is 19.2 Å². The summed E-state index contributed by atoms with van der Waals surface area (Å²) in [6, 6.07) is 1.65. The number of hydrogen-bond acceptors (Lipinski definition) is 2. The number of nitrogens with one attached hydrogen (secondary N) is 1. The summed E-state index contributed by atoms with van der Waals surface area (Å²) in [4.78, 5) is 1.73. The Kier molecular flexibility index (Phi) is 4.91. The van der Waals surface area contributed by atoms with Crippen molar-refractivity contribution >= 4 is 5.69 Å². The van der Waals surface area contributed by atoms with Crippen molar-refractivity contribution < 1.29 is 13.2 Å². The molecule has 1 fully saturated rings. The lowest BCUT2D eigenvalue weighted by Crippen LogP contribution is -2.29. The molecule has 1 heterocycles. The van der Waals surface area contributed by atoms with Crippen LogP contribution < -0.4 is 10.2 Å². The topological polar surface area (TPSA) is 15.3 Å². The number of nitrogens with zero attached hydrogens (tertiary/aromatic N) is 1. The second-order valence-corrected chi connectivity index (χ2v) is 5.87. The molecule has 0 aliphatic carbocycles. The van der Waals surface area contributed by atoms with Crippen molar-refractivity contribution in [2.75, 3.05) is 31.1 Å². The first-order valence-corrected chi connectivity index (χ1v) is 7.07. The smallest absolute Gasteiger partial charge is 0.182 e. The van der Waals surface area contributed by atoms with E-state index < -0.39 is 17.5 Å². The molecule has 1 aliphatic heterocycles. The number of benzene rings is 1. The fourth-order valence-corrected chi connectivity index (χ4v) is 2.57. The van der Waals surface area contributed by atoms with Gasteiger partial charge in [0.1, 0.15) is 5.82 Å². The minimum absolute atomic E-state index is 0.0360. The van der Waals surface area contributed by atoms with E-state index in [1.807, 2.05) is 0 Å². The molecule has 1 aliphatic rings. The zero-order valence-electron chi connectivity index (χ0n) is 11.9. The summed E-state index contributed by atoms with van der Waals surface area (Å²) < 4.78 is 40.2. The van der Waals surface area contributed by atoms with Crippen LogP contribution in [0, 0.1) is 29.3 Å². The van der Waals surface area contributed by atoms with Crippen molar-refractivity contribution in [2.24, 2.45) is 11.8 Å². The van der Waals surface area contributed by atoms with Gasteiger partial charge in [-0.15, -0.1) is 0 Å². The lowest BCUT2D eigenvalue weighted by atomic mass is 10.1.